The van der Waals surface area contributed by atoms with Crippen LogP contribution in [0.15, 0.2) is 41.2 Å². The Bertz CT molecular complexity index is 971. The summed E-state index contributed by atoms with van der Waals surface area (Å²) in [5, 5.41) is 7.69. The number of nitrogens with zero attached hydrogens (tertiary/aromatic N) is 2. The average Bonchev–Trinajstić information content (AvgIpc) is 2.72. The van der Waals surface area contributed by atoms with Gasteiger partial charge in [-0.2, -0.15) is 0 Å². The van der Waals surface area contributed by atoms with E-state index < -0.39 is 0 Å². The van der Waals surface area contributed by atoms with Crippen molar-refractivity contribution in [2.24, 2.45) is 5.92 Å². The molecule has 0 radical (unpaired) electrons. The molecule has 2 aromatic rings. The number of aromatic nitrogens is 2. The van der Waals surface area contributed by atoms with Gasteiger partial charge in [-0.15, -0.1) is 0 Å². The lowest BCUT2D eigenvalue weighted by Crippen LogP contribution is -2.40. The quantitative estimate of drug-likeness (QED) is 0.567. The van der Waals surface area contributed by atoms with Gasteiger partial charge in [-0.3, -0.25) is 14.4 Å². The van der Waals surface area contributed by atoms with Gasteiger partial charge in [-0.25, -0.2) is 4.98 Å². The number of rotatable bonds is 7. The van der Waals surface area contributed by atoms with E-state index in [4.69, 9.17) is 5.41 Å². The molecule has 0 spiro atoms. The normalized spacial score (nSPS) is 14.8. The van der Waals surface area contributed by atoms with Gasteiger partial charge < -0.3 is 15.3 Å². The third-order valence-electron chi connectivity index (χ3n) is 5.18. The van der Waals surface area contributed by atoms with E-state index in [1.165, 1.54) is 0 Å². The van der Waals surface area contributed by atoms with Crippen LogP contribution >= 0.6 is 0 Å². The summed E-state index contributed by atoms with van der Waals surface area (Å²) < 4.78 is 0. The van der Waals surface area contributed by atoms with Crippen LogP contribution in [0.2, 0.25) is 0 Å². The van der Waals surface area contributed by atoms with Crippen LogP contribution in [0.25, 0.3) is 10.9 Å². The Morgan fingerprint density at radius 3 is 2.71 bits per heavy atom. The van der Waals surface area contributed by atoms with E-state index in [1.54, 1.807) is 23.1 Å². The smallest absolute Gasteiger partial charge is 0.258 e. The number of hydrogen-bond acceptors (Lipinski definition) is 5. The van der Waals surface area contributed by atoms with E-state index in [9.17, 15) is 14.4 Å². The van der Waals surface area contributed by atoms with Crippen molar-refractivity contribution in [3.8, 4) is 0 Å². The average molecular weight is 380 g/mol. The highest BCUT2D eigenvalue weighted by Crippen LogP contribution is 2.21. The van der Waals surface area contributed by atoms with Gasteiger partial charge in [0.2, 0.25) is 5.91 Å². The van der Waals surface area contributed by atoms with Crippen molar-refractivity contribution in [3.63, 3.8) is 0 Å². The van der Waals surface area contributed by atoms with Crippen LogP contribution in [-0.2, 0) is 16.0 Å². The molecule has 0 aliphatic carbocycles. The number of hydrogen-bond donors (Lipinski definition) is 2. The molecule has 1 fully saturated rings. The minimum atomic E-state index is -0.162. The number of Topliss-reactive ketones (excluding diaryl/α,β-unsaturated/α-hetero) is 1. The van der Waals surface area contributed by atoms with Crippen LogP contribution in [0.3, 0.4) is 0 Å². The van der Waals surface area contributed by atoms with Crippen molar-refractivity contribution >= 4 is 28.8 Å². The summed E-state index contributed by atoms with van der Waals surface area (Å²) in [4.78, 5) is 45.6. The number of fused-ring (bicyclic) bond motifs is 1. The van der Waals surface area contributed by atoms with Gasteiger partial charge in [0.15, 0.2) is 5.78 Å². The predicted molar refractivity (Wildman–Crippen MR) is 108 cm³/mol. The number of para-hydroxylation sites is 1. The number of nitrogens with one attached hydrogen (secondary N) is 2. The van der Waals surface area contributed by atoms with E-state index in [0.717, 1.165) is 6.21 Å². The SMILES string of the molecule is C=C(C=N)C(=O)C1CCN(C(=O)CCCc2nc3ccccc3c(=O)[nH]2)CC1. The Morgan fingerprint density at radius 2 is 2.00 bits per heavy atom. The summed E-state index contributed by atoms with van der Waals surface area (Å²) in [6.07, 6.45) is 3.71. The van der Waals surface area contributed by atoms with Gasteiger partial charge in [-0.05, 0) is 31.4 Å². The Morgan fingerprint density at radius 1 is 1.29 bits per heavy atom. The summed E-state index contributed by atoms with van der Waals surface area (Å²) in [5.74, 6) is 0.407. The van der Waals surface area contributed by atoms with Crippen molar-refractivity contribution < 1.29 is 9.59 Å². The first-order chi connectivity index (χ1) is 13.5. The molecule has 1 aromatic heterocycles. The molecule has 1 amide bonds. The van der Waals surface area contributed by atoms with E-state index in [2.05, 4.69) is 16.5 Å². The molecule has 146 valence electrons. The van der Waals surface area contributed by atoms with Gasteiger partial charge in [-0.1, -0.05) is 18.7 Å². The highest BCUT2D eigenvalue weighted by atomic mass is 16.2. The van der Waals surface area contributed by atoms with Gasteiger partial charge in [0.05, 0.1) is 10.9 Å². The molecule has 1 saturated heterocycles. The van der Waals surface area contributed by atoms with Crippen molar-refractivity contribution in [2.45, 2.75) is 32.1 Å². The van der Waals surface area contributed by atoms with Crippen molar-refractivity contribution in [3.05, 3.63) is 52.6 Å². The van der Waals surface area contributed by atoms with Gasteiger partial charge in [0.1, 0.15) is 5.82 Å². The maximum Gasteiger partial charge on any atom is 0.258 e. The molecule has 1 aliphatic heterocycles. The van der Waals surface area contributed by atoms with Gasteiger partial charge >= 0.3 is 0 Å². The number of aryl methyl sites for hydroxylation is 1. The number of likely N-dealkylation sites (tertiary alicyclic amines) is 1. The number of H-pyrrole nitrogens is 1. The van der Waals surface area contributed by atoms with Crippen LogP contribution in [0, 0.1) is 11.3 Å². The van der Waals surface area contributed by atoms with Crippen LogP contribution in [-0.4, -0.2) is 45.9 Å². The lowest BCUT2D eigenvalue weighted by Gasteiger charge is -2.31. The fraction of sp³-hybridized carbons (Fsp3) is 0.381. The molecule has 2 heterocycles. The van der Waals surface area contributed by atoms with Crippen molar-refractivity contribution in [2.75, 3.05) is 13.1 Å². The summed E-state index contributed by atoms with van der Waals surface area (Å²) in [6, 6.07) is 7.18. The van der Waals surface area contributed by atoms with Crippen LogP contribution in [0.4, 0.5) is 0 Å². The van der Waals surface area contributed by atoms with Gasteiger partial charge in [0, 0.05) is 43.6 Å². The Kier molecular flexibility index (Phi) is 6.13. The first-order valence-electron chi connectivity index (χ1n) is 9.49. The standard InChI is InChI=1S/C21H24N4O3/c1-14(13-22)20(27)15-9-11-25(12-10-15)19(26)8-4-7-18-23-17-6-3-2-5-16(17)21(28)24-18/h2-3,5-6,13,15,22H,1,4,7-12H2,(H,23,24,28). The minimum absolute atomic E-state index is 0.0555. The fourth-order valence-electron chi connectivity index (χ4n) is 3.54. The number of piperidine rings is 1. The van der Waals surface area contributed by atoms with Crippen molar-refractivity contribution in [1.29, 1.82) is 5.41 Å². The summed E-state index contributed by atoms with van der Waals surface area (Å²) in [7, 11) is 0. The second-order valence-corrected chi connectivity index (χ2v) is 7.07. The van der Waals surface area contributed by atoms with E-state index in [1.807, 2.05) is 6.07 Å². The molecule has 1 aliphatic rings. The Hall–Kier alpha value is -3.09. The number of aromatic amines is 1. The number of ketones is 1. The summed E-state index contributed by atoms with van der Waals surface area (Å²) in [5.41, 5.74) is 0.720. The maximum atomic E-state index is 12.4. The van der Waals surface area contributed by atoms with Crippen LogP contribution in [0.5, 0.6) is 0 Å². The van der Waals surface area contributed by atoms with E-state index in [-0.39, 0.29) is 28.7 Å². The van der Waals surface area contributed by atoms with Gasteiger partial charge in [0.25, 0.3) is 5.56 Å². The second kappa shape index (κ2) is 8.73. The molecule has 0 unspecified atom stereocenters. The molecule has 7 heteroatoms. The fourth-order valence-corrected chi connectivity index (χ4v) is 3.54. The zero-order valence-electron chi connectivity index (χ0n) is 15.7. The zero-order valence-corrected chi connectivity index (χ0v) is 15.7. The molecule has 0 saturated carbocycles. The first-order valence-corrected chi connectivity index (χ1v) is 9.49. The largest absolute Gasteiger partial charge is 0.343 e. The highest BCUT2D eigenvalue weighted by Gasteiger charge is 2.27. The molecule has 7 nitrogen and oxygen atoms in total. The maximum absolute atomic E-state index is 12.4. The van der Waals surface area contributed by atoms with E-state index in [0.29, 0.717) is 61.9 Å². The molecule has 2 N–H and O–H groups in total. The lowest BCUT2D eigenvalue weighted by atomic mass is 9.89. The monoisotopic (exact) mass is 380 g/mol. The molecule has 0 bridgehead atoms. The zero-order chi connectivity index (χ0) is 20.1. The third-order valence-corrected chi connectivity index (χ3v) is 5.18. The molecular formula is C21H24N4O3. The molecule has 28 heavy (non-hydrogen) atoms. The number of amides is 1. The Balaban J connectivity index is 1.49. The van der Waals surface area contributed by atoms with Crippen LogP contribution in [0.1, 0.15) is 31.5 Å². The number of carbonyl (C=O) groups excluding carboxylic acids is 2. The predicted octanol–water partition coefficient (Wildman–Crippen LogP) is 2.26. The van der Waals surface area contributed by atoms with Crippen molar-refractivity contribution in [1.82, 2.24) is 14.9 Å². The molecule has 1 aromatic carbocycles. The number of carbonyl (C=O) groups is 2. The number of benzene rings is 1. The molecule has 3 rings (SSSR count). The van der Waals surface area contributed by atoms with Crippen LogP contribution < -0.4 is 5.56 Å². The summed E-state index contributed by atoms with van der Waals surface area (Å²) in [6.45, 7) is 4.69. The second-order valence-electron chi connectivity index (χ2n) is 7.07. The lowest BCUT2D eigenvalue weighted by molar-refractivity contribution is -0.134. The van der Waals surface area contributed by atoms with E-state index >= 15 is 0 Å². The minimum Gasteiger partial charge on any atom is -0.343 e. The highest BCUT2D eigenvalue weighted by molar-refractivity contribution is 6.12. The molecular weight excluding hydrogens is 356 g/mol. The Labute approximate surface area is 163 Å². The molecule has 0 atom stereocenters. The third kappa shape index (κ3) is 4.42. The first kappa shape index (κ1) is 19.7. The summed E-state index contributed by atoms with van der Waals surface area (Å²) >= 11 is 0. The number of allylic oxidation sites excluding steroid dienone is 1. The topological polar surface area (TPSA) is 107 Å².